The van der Waals surface area contributed by atoms with Gasteiger partial charge in [0.1, 0.15) is 5.82 Å². The second-order valence-electron chi connectivity index (χ2n) is 8.33. The van der Waals surface area contributed by atoms with Crippen LogP contribution in [0.2, 0.25) is 0 Å². The van der Waals surface area contributed by atoms with Crippen molar-refractivity contribution in [2.24, 2.45) is 0 Å². The summed E-state index contributed by atoms with van der Waals surface area (Å²) < 4.78 is 64.0. The van der Waals surface area contributed by atoms with Crippen LogP contribution in [0.4, 0.5) is 23.2 Å². The number of alkyl halides is 3. The standard InChI is InChI=1S/C25H19F4NO3.H2/c1-14-2-5-17(12-18(14)15-3-6-20(26)19(10-15)25(27,28)29)30-23(31)24(8-9-24)16-4-7-21-22(11-16)33-13-32-21;/h2-7,10-12H,8-9,13H2,1H3,(H,30,31);1H. The molecule has 0 radical (unpaired) electrons. The van der Waals surface area contributed by atoms with Crippen LogP contribution in [0.25, 0.3) is 11.1 Å². The van der Waals surface area contributed by atoms with Crippen LogP contribution < -0.4 is 14.8 Å². The number of hydrogen-bond acceptors (Lipinski definition) is 3. The topological polar surface area (TPSA) is 47.6 Å². The minimum absolute atomic E-state index is 0. The molecule has 3 aromatic carbocycles. The first-order chi connectivity index (χ1) is 15.7. The zero-order valence-electron chi connectivity index (χ0n) is 17.6. The molecule has 4 nitrogen and oxygen atoms in total. The van der Waals surface area contributed by atoms with Gasteiger partial charge in [-0.2, -0.15) is 13.2 Å². The van der Waals surface area contributed by atoms with E-state index in [0.717, 1.165) is 17.7 Å². The number of benzene rings is 3. The maximum Gasteiger partial charge on any atom is 0.419 e. The molecule has 0 spiro atoms. The predicted octanol–water partition coefficient (Wildman–Crippen LogP) is 6.46. The first-order valence-corrected chi connectivity index (χ1v) is 10.4. The van der Waals surface area contributed by atoms with Crippen LogP contribution in [0, 0.1) is 12.7 Å². The number of ether oxygens (including phenoxy) is 2. The Balaban J connectivity index is 0.00000274. The van der Waals surface area contributed by atoms with Gasteiger partial charge in [-0.1, -0.05) is 18.2 Å². The highest BCUT2D eigenvalue weighted by atomic mass is 19.4. The van der Waals surface area contributed by atoms with Gasteiger partial charge in [0.2, 0.25) is 12.7 Å². The van der Waals surface area contributed by atoms with Gasteiger partial charge < -0.3 is 14.8 Å². The first kappa shape index (κ1) is 21.3. The summed E-state index contributed by atoms with van der Waals surface area (Å²) in [5.74, 6) is -0.296. The summed E-state index contributed by atoms with van der Waals surface area (Å²) in [6.45, 7) is 1.89. The average molecular weight is 459 g/mol. The zero-order valence-corrected chi connectivity index (χ0v) is 17.6. The summed E-state index contributed by atoms with van der Waals surface area (Å²) in [7, 11) is 0. The molecule has 33 heavy (non-hydrogen) atoms. The third-order valence-corrected chi connectivity index (χ3v) is 6.19. The van der Waals surface area contributed by atoms with Crippen LogP contribution in [-0.4, -0.2) is 12.7 Å². The maximum atomic E-state index is 13.7. The van der Waals surface area contributed by atoms with E-state index in [9.17, 15) is 22.4 Å². The van der Waals surface area contributed by atoms with Crippen LogP contribution in [0.3, 0.4) is 0 Å². The van der Waals surface area contributed by atoms with Gasteiger partial charge in [-0.3, -0.25) is 4.79 Å². The predicted molar refractivity (Wildman–Crippen MR) is 116 cm³/mol. The summed E-state index contributed by atoms with van der Waals surface area (Å²) >= 11 is 0. The highest BCUT2D eigenvalue weighted by Gasteiger charge is 2.51. The molecule has 1 heterocycles. The van der Waals surface area contributed by atoms with Crippen molar-refractivity contribution in [3.8, 4) is 22.6 Å². The molecule has 172 valence electrons. The van der Waals surface area contributed by atoms with Crippen molar-refractivity contribution in [1.82, 2.24) is 0 Å². The zero-order chi connectivity index (χ0) is 23.4. The van der Waals surface area contributed by atoms with Crippen molar-refractivity contribution in [3.63, 3.8) is 0 Å². The lowest BCUT2D eigenvalue weighted by atomic mass is 9.94. The number of fused-ring (bicyclic) bond motifs is 1. The Morgan fingerprint density at radius 2 is 1.76 bits per heavy atom. The number of anilines is 1. The van der Waals surface area contributed by atoms with E-state index < -0.39 is 23.0 Å². The summed E-state index contributed by atoms with van der Waals surface area (Å²) in [6.07, 6.45) is -3.46. The van der Waals surface area contributed by atoms with Gasteiger partial charge in [0.25, 0.3) is 0 Å². The van der Waals surface area contributed by atoms with Gasteiger partial charge in [0.15, 0.2) is 11.5 Å². The lowest BCUT2D eigenvalue weighted by Gasteiger charge is -2.18. The average Bonchev–Trinajstić information content (AvgIpc) is 3.45. The summed E-state index contributed by atoms with van der Waals surface area (Å²) in [5, 5.41) is 2.90. The van der Waals surface area contributed by atoms with E-state index in [1.807, 2.05) is 12.1 Å². The molecular weight excluding hydrogens is 438 g/mol. The Kier molecular flexibility index (Phi) is 4.84. The fraction of sp³-hybridized carbons (Fsp3) is 0.240. The molecule has 2 aliphatic rings. The van der Waals surface area contributed by atoms with Crippen LogP contribution in [0.5, 0.6) is 11.5 Å². The Morgan fingerprint density at radius 1 is 1.00 bits per heavy atom. The largest absolute Gasteiger partial charge is 0.454 e. The minimum Gasteiger partial charge on any atom is -0.454 e. The fourth-order valence-electron chi connectivity index (χ4n) is 4.14. The highest BCUT2D eigenvalue weighted by Crippen LogP contribution is 2.51. The Morgan fingerprint density at radius 3 is 2.48 bits per heavy atom. The molecule has 8 heteroatoms. The van der Waals surface area contributed by atoms with Gasteiger partial charge in [0.05, 0.1) is 11.0 Å². The van der Waals surface area contributed by atoms with Gasteiger partial charge >= 0.3 is 6.18 Å². The number of rotatable bonds is 4. The first-order valence-electron chi connectivity index (χ1n) is 10.4. The van der Waals surface area contributed by atoms with Gasteiger partial charge in [-0.05, 0) is 78.4 Å². The second-order valence-corrected chi connectivity index (χ2v) is 8.33. The quantitative estimate of drug-likeness (QED) is 0.455. The molecule has 0 bridgehead atoms. The highest BCUT2D eigenvalue weighted by molar-refractivity contribution is 6.02. The van der Waals surface area contributed by atoms with Crippen LogP contribution >= 0.6 is 0 Å². The van der Waals surface area contributed by atoms with Crippen LogP contribution in [0.1, 0.15) is 31.0 Å². The molecule has 1 saturated carbocycles. The van der Waals surface area contributed by atoms with E-state index in [1.165, 1.54) is 6.07 Å². The lowest BCUT2D eigenvalue weighted by Crippen LogP contribution is -2.27. The number of hydrogen-bond donors (Lipinski definition) is 1. The van der Waals surface area contributed by atoms with E-state index in [1.54, 1.807) is 31.2 Å². The van der Waals surface area contributed by atoms with Crippen molar-refractivity contribution in [1.29, 1.82) is 0 Å². The smallest absolute Gasteiger partial charge is 0.419 e. The summed E-state index contributed by atoms with van der Waals surface area (Å²) in [4.78, 5) is 13.2. The third kappa shape index (κ3) is 3.79. The van der Waals surface area contributed by atoms with Crippen molar-refractivity contribution < 1.29 is 33.3 Å². The number of carbonyl (C=O) groups is 1. The molecule has 1 fully saturated rings. The number of aryl methyl sites for hydroxylation is 1. The number of halogens is 4. The van der Waals surface area contributed by atoms with Gasteiger partial charge in [-0.25, -0.2) is 4.39 Å². The van der Waals surface area contributed by atoms with E-state index in [0.29, 0.717) is 41.2 Å². The SMILES string of the molecule is Cc1ccc(NC(=O)C2(c3ccc4c(c3)OCO4)CC2)cc1-c1ccc(F)c(C(F)(F)F)c1.[HH]. The van der Waals surface area contributed by atoms with Gasteiger partial charge in [-0.15, -0.1) is 0 Å². The molecule has 1 aliphatic heterocycles. The van der Waals surface area contributed by atoms with Crippen molar-refractivity contribution in [2.75, 3.05) is 12.1 Å². The van der Waals surface area contributed by atoms with E-state index in [4.69, 9.17) is 9.47 Å². The van der Waals surface area contributed by atoms with Crippen molar-refractivity contribution in [2.45, 2.75) is 31.4 Å². The minimum atomic E-state index is -4.80. The monoisotopic (exact) mass is 459 g/mol. The third-order valence-electron chi connectivity index (χ3n) is 6.19. The fourth-order valence-corrected chi connectivity index (χ4v) is 4.14. The van der Waals surface area contributed by atoms with E-state index in [2.05, 4.69) is 5.32 Å². The molecular formula is C25H21F4NO3. The number of carbonyl (C=O) groups excluding carboxylic acids is 1. The molecule has 1 aliphatic carbocycles. The summed E-state index contributed by atoms with van der Waals surface area (Å²) in [6, 6.07) is 13.3. The molecule has 1 N–H and O–H groups in total. The van der Waals surface area contributed by atoms with Crippen LogP contribution in [-0.2, 0) is 16.4 Å². The Hall–Kier alpha value is -3.55. The normalized spacial score (nSPS) is 15.9. The molecule has 1 amide bonds. The molecule has 5 rings (SSSR count). The van der Waals surface area contributed by atoms with Crippen molar-refractivity contribution in [3.05, 3.63) is 77.1 Å². The Bertz CT molecular complexity index is 1270. The molecule has 0 aromatic heterocycles. The Labute approximate surface area is 188 Å². The number of nitrogens with one attached hydrogen (secondary N) is 1. The van der Waals surface area contributed by atoms with E-state index >= 15 is 0 Å². The molecule has 3 aromatic rings. The molecule has 0 atom stereocenters. The molecule has 0 saturated heterocycles. The molecule has 0 unspecified atom stereocenters. The second kappa shape index (κ2) is 7.50. The lowest BCUT2D eigenvalue weighted by molar-refractivity contribution is -0.140. The van der Waals surface area contributed by atoms with Gasteiger partial charge in [0, 0.05) is 7.11 Å². The van der Waals surface area contributed by atoms with E-state index in [-0.39, 0.29) is 19.7 Å². The van der Waals surface area contributed by atoms with Crippen molar-refractivity contribution >= 4 is 11.6 Å². The number of amides is 1. The summed E-state index contributed by atoms with van der Waals surface area (Å²) in [5.41, 5.74) is 0.653. The van der Waals surface area contributed by atoms with Crippen LogP contribution in [0.15, 0.2) is 54.6 Å². The maximum absolute atomic E-state index is 13.7.